The molecule has 1 rings (SSSR count). The number of ketones is 2. The van der Waals surface area contributed by atoms with Crippen LogP contribution in [-0.2, 0) is 14.4 Å². The number of rotatable bonds is 4. The van der Waals surface area contributed by atoms with Gasteiger partial charge in [0.05, 0.1) is 0 Å². The van der Waals surface area contributed by atoms with Gasteiger partial charge in [-0.15, -0.1) is 0 Å². The number of carbonyl (C=O) groups excluding carboxylic acids is 3. The van der Waals surface area contributed by atoms with Crippen LogP contribution in [0.4, 0.5) is 0 Å². The molecular formula is C13H13ClO5. The van der Waals surface area contributed by atoms with Crippen molar-refractivity contribution >= 4 is 28.4 Å². The zero-order valence-corrected chi connectivity index (χ0v) is 11.1. The number of hydrogen-bond donors (Lipinski definition) is 2. The van der Waals surface area contributed by atoms with Crippen LogP contribution in [0.15, 0.2) is 36.0 Å². The second kappa shape index (κ2) is 5.21. The van der Waals surface area contributed by atoms with E-state index in [1.807, 2.05) is 0 Å². The van der Waals surface area contributed by atoms with Gasteiger partial charge < -0.3 is 10.2 Å². The molecule has 0 fully saturated rings. The van der Waals surface area contributed by atoms with E-state index in [-0.39, 0.29) is 5.57 Å². The van der Waals surface area contributed by atoms with E-state index < -0.39 is 28.0 Å². The average Bonchev–Trinajstić information content (AvgIpc) is 2.30. The lowest BCUT2D eigenvalue weighted by Gasteiger charge is -2.38. The van der Waals surface area contributed by atoms with Gasteiger partial charge in [-0.05, 0) is 49.2 Å². The van der Waals surface area contributed by atoms with Crippen molar-refractivity contribution in [3.63, 3.8) is 0 Å². The van der Waals surface area contributed by atoms with Crippen LogP contribution in [0.2, 0.25) is 0 Å². The molecule has 5 nitrogen and oxygen atoms in total. The molecule has 19 heavy (non-hydrogen) atoms. The summed E-state index contributed by atoms with van der Waals surface area (Å²) < 4.78 is 0. The first-order valence-corrected chi connectivity index (χ1v) is 5.78. The highest BCUT2D eigenvalue weighted by Crippen LogP contribution is 2.33. The van der Waals surface area contributed by atoms with Crippen LogP contribution in [0.1, 0.15) is 13.8 Å². The largest absolute Gasteiger partial charge is 0.374 e. The Bertz CT molecular complexity index is 531. The molecule has 0 saturated heterocycles. The third-order valence-corrected chi connectivity index (χ3v) is 3.08. The van der Waals surface area contributed by atoms with E-state index in [1.165, 1.54) is 12.2 Å². The zero-order chi connectivity index (χ0) is 14.8. The van der Waals surface area contributed by atoms with Gasteiger partial charge in [0.15, 0.2) is 22.8 Å². The Balaban J connectivity index is 3.32. The lowest BCUT2D eigenvalue weighted by molar-refractivity contribution is -0.162. The van der Waals surface area contributed by atoms with Crippen LogP contribution in [0.25, 0.3) is 0 Å². The second-order valence-corrected chi connectivity index (χ2v) is 4.63. The molecule has 0 aromatic heterocycles. The fourth-order valence-corrected chi connectivity index (χ4v) is 1.83. The maximum Gasteiger partial charge on any atom is 0.245 e. The summed E-state index contributed by atoms with van der Waals surface area (Å²) in [5, 5.41) is 19.7. The van der Waals surface area contributed by atoms with Crippen molar-refractivity contribution in [2.24, 2.45) is 0 Å². The van der Waals surface area contributed by atoms with E-state index >= 15 is 0 Å². The summed E-state index contributed by atoms with van der Waals surface area (Å²) in [5.41, 5.74) is -4.42. The molecule has 2 atom stereocenters. The first-order valence-electron chi connectivity index (χ1n) is 5.40. The fourth-order valence-electron chi connectivity index (χ4n) is 1.76. The standard InChI is InChI=1S/C13H13ClO5/c1-8(15)12(18)6-5-10(3-4-11(14)17)7-13(12,19)9(2)16/h3-7,18-19H,1-2H3/b4-3+. The summed E-state index contributed by atoms with van der Waals surface area (Å²) in [4.78, 5) is 33.7. The lowest BCUT2D eigenvalue weighted by Crippen LogP contribution is -2.61. The van der Waals surface area contributed by atoms with Crippen LogP contribution in [0.3, 0.4) is 0 Å². The minimum atomic E-state index is -2.37. The number of aliphatic hydroxyl groups is 2. The van der Waals surface area contributed by atoms with Crippen LogP contribution in [-0.4, -0.2) is 38.2 Å². The van der Waals surface area contributed by atoms with Crippen molar-refractivity contribution in [1.29, 1.82) is 0 Å². The SMILES string of the molecule is CC(=O)C1(O)C=CC(/C=C/C(=O)Cl)=CC1(O)C(C)=O. The molecule has 1 aliphatic carbocycles. The number of halogens is 1. The van der Waals surface area contributed by atoms with Crippen LogP contribution < -0.4 is 0 Å². The maximum atomic E-state index is 11.6. The van der Waals surface area contributed by atoms with Crippen molar-refractivity contribution in [3.8, 4) is 0 Å². The van der Waals surface area contributed by atoms with Gasteiger partial charge in [0, 0.05) is 0 Å². The van der Waals surface area contributed by atoms with E-state index in [0.29, 0.717) is 0 Å². The quantitative estimate of drug-likeness (QED) is 0.577. The normalized spacial score (nSPS) is 30.3. The number of carbonyl (C=O) groups is 3. The van der Waals surface area contributed by atoms with Gasteiger partial charge in [-0.2, -0.15) is 0 Å². The molecule has 2 unspecified atom stereocenters. The fraction of sp³-hybridized carbons (Fsp3) is 0.308. The van der Waals surface area contributed by atoms with Gasteiger partial charge in [-0.1, -0.05) is 12.2 Å². The third kappa shape index (κ3) is 2.73. The van der Waals surface area contributed by atoms with Gasteiger partial charge in [0.1, 0.15) is 0 Å². The molecule has 2 N–H and O–H groups in total. The molecule has 0 aromatic carbocycles. The second-order valence-electron chi connectivity index (χ2n) is 4.26. The van der Waals surface area contributed by atoms with Gasteiger partial charge >= 0.3 is 0 Å². The van der Waals surface area contributed by atoms with Crippen LogP contribution in [0, 0.1) is 0 Å². The highest BCUT2D eigenvalue weighted by molar-refractivity contribution is 6.66. The molecule has 0 amide bonds. The van der Waals surface area contributed by atoms with E-state index in [9.17, 15) is 24.6 Å². The van der Waals surface area contributed by atoms with Crippen molar-refractivity contribution in [2.45, 2.75) is 25.0 Å². The van der Waals surface area contributed by atoms with E-state index in [0.717, 1.165) is 32.1 Å². The minimum absolute atomic E-state index is 0.276. The molecule has 0 bridgehead atoms. The van der Waals surface area contributed by atoms with Gasteiger partial charge in [-0.3, -0.25) is 14.4 Å². The Morgan fingerprint density at radius 1 is 1.16 bits per heavy atom. The Morgan fingerprint density at radius 3 is 2.11 bits per heavy atom. The average molecular weight is 285 g/mol. The molecular weight excluding hydrogens is 272 g/mol. The lowest BCUT2D eigenvalue weighted by atomic mass is 9.73. The summed E-state index contributed by atoms with van der Waals surface area (Å²) >= 11 is 5.13. The zero-order valence-electron chi connectivity index (χ0n) is 10.4. The van der Waals surface area contributed by atoms with Crippen molar-refractivity contribution < 1.29 is 24.6 Å². The summed E-state index contributed by atoms with van der Waals surface area (Å²) in [6, 6.07) is 0. The Labute approximate surface area is 114 Å². The summed E-state index contributed by atoms with van der Waals surface area (Å²) in [6.45, 7) is 2.12. The highest BCUT2D eigenvalue weighted by Gasteiger charge is 2.54. The molecule has 0 aromatic rings. The summed E-state index contributed by atoms with van der Waals surface area (Å²) in [5.74, 6) is -1.56. The monoisotopic (exact) mass is 284 g/mol. The van der Waals surface area contributed by atoms with Crippen molar-refractivity contribution in [3.05, 3.63) is 36.0 Å². The number of Topliss-reactive ketones (excluding diaryl/α,β-unsaturated/α-hetero) is 2. The van der Waals surface area contributed by atoms with Crippen LogP contribution in [0.5, 0.6) is 0 Å². The molecule has 102 valence electrons. The van der Waals surface area contributed by atoms with Gasteiger partial charge in [-0.25, -0.2) is 0 Å². The Kier molecular flexibility index (Phi) is 4.25. The molecule has 0 spiro atoms. The first-order chi connectivity index (χ1) is 8.63. The van der Waals surface area contributed by atoms with Gasteiger partial charge in [0.2, 0.25) is 5.24 Å². The highest BCUT2D eigenvalue weighted by atomic mass is 35.5. The van der Waals surface area contributed by atoms with Gasteiger partial charge in [0.25, 0.3) is 0 Å². The van der Waals surface area contributed by atoms with Crippen molar-refractivity contribution in [1.82, 2.24) is 0 Å². The topological polar surface area (TPSA) is 91.7 Å². The molecule has 0 saturated carbocycles. The maximum absolute atomic E-state index is 11.6. The molecule has 6 heteroatoms. The Morgan fingerprint density at radius 2 is 1.68 bits per heavy atom. The number of hydrogen-bond acceptors (Lipinski definition) is 5. The smallest absolute Gasteiger partial charge is 0.245 e. The molecule has 1 aliphatic rings. The Hall–Kier alpha value is -1.56. The predicted molar refractivity (Wildman–Crippen MR) is 68.5 cm³/mol. The van der Waals surface area contributed by atoms with E-state index in [2.05, 4.69) is 0 Å². The predicted octanol–water partition coefficient (Wildman–Crippen LogP) is 0.444. The van der Waals surface area contributed by atoms with E-state index in [4.69, 9.17) is 11.6 Å². The molecule has 0 radical (unpaired) electrons. The minimum Gasteiger partial charge on any atom is -0.374 e. The first kappa shape index (κ1) is 15.5. The molecule has 0 aliphatic heterocycles. The summed E-state index contributed by atoms with van der Waals surface area (Å²) in [7, 11) is 0. The third-order valence-electron chi connectivity index (χ3n) is 2.95. The van der Waals surface area contributed by atoms with Crippen molar-refractivity contribution in [2.75, 3.05) is 0 Å². The number of allylic oxidation sites excluding steroid dienone is 4. The van der Waals surface area contributed by atoms with E-state index in [1.54, 1.807) is 0 Å². The van der Waals surface area contributed by atoms with Crippen LogP contribution >= 0.6 is 11.6 Å². The summed E-state index contributed by atoms with van der Waals surface area (Å²) in [6.07, 6.45) is 5.65. The molecule has 0 heterocycles.